The van der Waals surface area contributed by atoms with Gasteiger partial charge in [0.25, 0.3) is 0 Å². The second-order valence-electron chi connectivity index (χ2n) is 7.45. The standard InChI is InChI=1S/C22H38O4/c1-5-8-15-25-21(23)19(17(4)7-3)20(18-13-11-10-12-14-18)22(24)26-16-9-6-2/h17-18H,5-16H2,1-4H3/b20-19-. The molecule has 4 nitrogen and oxygen atoms in total. The number of unbranched alkanes of at least 4 members (excludes halogenated alkanes) is 2. The number of esters is 2. The van der Waals surface area contributed by atoms with Crippen molar-refractivity contribution < 1.29 is 19.1 Å². The largest absolute Gasteiger partial charge is 0.462 e. The fourth-order valence-electron chi connectivity index (χ4n) is 3.44. The Morgan fingerprint density at radius 3 is 1.92 bits per heavy atom. The summed E-state index contributed by atoms with van der Waals surface area (Å²) in [4.78, 5) is 25.8. The summed E-state index contributed by atoms with van der Waals surface area (Å²) in [7, 11) is 0. The maximum Gasteiger partial charge on any atom is 0.334 e. The maximum absolute atomic E-state index is 12.9. The first-order valence-electron chi connectivity index (χ1n) is 10.6. The molecule has 1 fully saturated rings. The van der Waals surface area contributed by atoms with Crippen LogP contribution in [0.4, 0.5) is 0 Å². The molecule has 0 saturated heterocycles. The number of hydrogen-bond acceptors (Lipinski definition) is 4. The van der Waals surface area contributed by atoms with Gasteiger partial charge in [-0.2, -0.15) is 0 Å². The fraction of sp³-hybridized carbons (Fsp3) is 0.818. The van der Waals surface area contributed by atoms with Crippen molar-refractivity contribution in [1.29, 1.82) is 0 Å². The summed E-state index contributed by atoms with van der Waals surface area (Å²) < 4.78 is 11.1. The van der Waals surface area contributed by atoms with Crippen LogP contribution in [0.3, 0.4) is 0 Å². The highest BCUT2D eigenvalue weighted by Crippen LogP contribution is 2.35. The highest BCUT2D eigenvalue weighted by atomic mass is 16.5. The Morgan fingerprint density at radius 2 is 1.42 bits per heavy atom. The number of rotatable bonds is 11. The predicted molar refractivity (Wildman–Crippen MR) is 105 cm³/mol. The molecule has 150 valence electrons. The minimum absolute atomic E-state index is 0.000205. The summed E-state index contributed by atoms with van der Waals surface area (Å²) in [6.45, 7) is 9.03. The van der Waals surface area contributed by atoms with Crippen LogP contribution in [0, 0.1) is 11.8 Å². The van der Waals surface area contributed by atoms with Crippen LogP contribution in [-0.2, 0) is 19.1 Å². The average Bonchev–Trinajstić information content (AvgIpc) is 2.66. The van der Waals surface area contributed by atoms with Crippen molar-refractivity contribution in [2.45, 2.75) is 91.9 Å². The van der Waals surface area contributed by atoms with E-state index in [0.717, 1.165) is 57.8 Å². The van der Waals surface area contributed by atoms with Crippen LogP contribution in [0.15, 0.2) is 11.1 Å². The number of carbonyl (C=O) groups excluding carboxylic acids is 2. The van der Waals surface area contributed by atoms with Crippen LogP contribution in [0.1, 0.15) is 91.9 Å². The molecule has 4 heteroatoms. The predicted octanol–water partition coefficient (Wildman–Crippen LogP) is 5.60. The molecule has 1 unspecified atom stereocenters. The molecule has 0 aromatic heterocycles. The third-order valence-electron chi connectivity index (χ3n) is 5.31. The quantitative estimate of drug-likeness (QED) is 0.271. The Hall–Kier alpha value is -1.32. The van der Waals surface area contributed by atoms with E-state index in [1.54, 1.807) is 0 Å². The molecule has 1 aliphatic carbocycles. The van der Waals surface area contributed by atoms with Crippen molar-refractivity contribution >= 4 is 11.9 Å². The van der Waals surface area contributed by atoms with E-state index in [9.17, 15) is 9.59 Å². The second-order valence-corrected chi connectivity index (χ2v) is 7.45. The first-order valence-corrected chi connectivity index (χ1v) is 10.6. The minimum Gasteiger partial charge on any atom is -0.462 e. The first-order chi connectivity index (χ1) is 12.6. The Bertz CT molecular complexity index is 461. The Morgan fingerprint density at radius 1 is 0.885 bits per heavy atom. The van der Waals surface area contributed by atoms with E-state index in [1.807, 2.05) is 13.8 Å². The van der Waals surface area contributed by atoms with E-state index < -0.39 is 0 Å². The van der Waals surface area contributed by atoms with Crippen molar-refractivity contribution in [1.82, 2.24) is 0 Å². The van der Waals surface area contributed by atoms with Crippen LogP contribution in [0.25, 0.3) is 0 Å². The van der Waals surface area contributed by atoms with Gasteiger partial charge in [0.1, 0.15) is 0 Å². The number of carbonyl (C=O) groups is 2. The van der Waals surface area contributed by atoms with Crippen LogP contribution in [0.5, 0.6) is 0 Å². The molecular formula is C22H38O4. The molecule has 1 rings (SSSR count). The zero-order valence-electron chi connectivity index (χ0n) is 17.3. The van der Waals surface area contributed by atoms with Crippen molar-refractivity contribution in [3.63, 3.8) is 0 Å². The van der Waals surface area contributed by atoms with Gasteiger partial charge >= 0.3 is 11.9 Å². The van der Waals surface area contributed by atoms with Gasteiger partial charge in [0.2, 0.25) is 0 Å². The maximum atomic E-state index is 12.9. The van der Waals surface area contributed by atoms with Crippen LogP contribution in [-0.4, -0.2) is 25.2 Å². The van der Waals surface area contributed by atoms with Gasteiger partial charge in [-0.05, 0) is 43.9 Å². The van der Waals surface area contributed by atoms with Crippen molar-refractivity contribution in [3.05, 3.63) is 11.1 Å². The SMILES string of the molecule is CCCCOC(=O)/C(=C(\C(=O)OCCCC)C1CCCCC1)C(C)CC. The van der Waals surface area contributed by atoms with E-state index >= 15 is 0 Å². The fourth-order valence-corrected chi connectivity index (χ4v) is 3.44. The van der Waals surface area contributed by atoms with Crippen molar-refractivity contribution in [2.75, 3.05) is 13.2 Å². The lowest BCUT2D eigenvalue weighted by atomic mass is 9.79. The van der Waals surface area contributed by atoms with Crippen molar-refractivity contribution in [3.8, 4) is 0 Å². The van der Waals surface area contributed by atoms with Crippen LogP contribution < -0.4 is 0 Å². The summed E-state index contributed by atoms with van der Waals surface area (Å²) in [5.74, 6) is -0.491. The zero-order valence-corrected chi connectivity index (χ0v) is 17.3. The Kier molecular flexibility index (Phi) is 11.3. The van der Waals surface area contributed by atoms with Gasteiger partial charge < -0.3 is 9.47 Å². The molecule has 0 amide bonds. The lowest BCUT2D eigenvalue weighted by Crippen LogP contribution is -2.27. The third-order valence-corrected chi connectivity index (χ3v) is 5.31. The monoisotopic (exact) mass is 366 g/mol. The van der Waals surface area contributed by atoms with Gasteiger partial charge in [-0.3, -0.25) is 0 Å². The number of hydrogen-bond donors (Lipinski definition) is 0. The van der Waals surface area contributed by atoms with Gasteiger partial charge in [-0.15, -0.1) is 0 Å². The second kappa shape index (κ2) is 12.9. The lowest BCUT2D eigenvalue weighted by molar-refractivity contribution is -0.143. The van der Waals surface area contributed by atoms with E-state index in [4.69, 9.17) is 9.47 Å². The smallest absolute Gasteiger partial charge is 0.334 e. The molecule has 0 spiro atoms. The minimum atomic E-state index is -0.319. The highest BCUT2D eigenvalue weighted by Gasteiger charge is 2.33. The third kappa shape index (κ3) is 7.13. The van der Waals surface area contributed by atoms with Gasteiger partial charge in [0.05, 0.1) is 24.4 Å². The molecule has 0 aromatic carbocycles. The average molecular weight is 367 g/mol. The summed E-state index contributed by atoms with van der Waals surface area (Å²) in [6.07, 6.45) is 9.79. The normalized spacial score (nSPS) is 17.4. The van der Waals surface area contributed by atoms with Gasteiger partial charge in [0.15, 0.2) is 0 Å². The molecule has 1 atom stereocenters. The molecular weight excluding hydrogens is 328 g/mol. The van der Waals surface area contributed by atoms with Gasteiger partial charge in [-0.25, -0.2) is 9.59 Å². The van der Waals surface area contributed by atoms with Crippen molar-refractivity contribution in [2.24, 2.45) is 11.8 Å². The van der Waals surface area contributed by atoms with E-state index in [2.05, 4.69) is 13.8 Å². The molecule has 0 heterocycles. The van der Waals surface area contributed by atoms with E-state index in [-0.39, 0.29) is 23.8 Å². The molecule has 26 heavy (non-hydrogen) atoms. The van der Waals surface area contributed by atoms with Gasteiger partial charge in [0, 0.05) is 0 Å². The van der Waals surface area contributed by atoms with E-state index in [0.29, 0.717) is 24.4 Å². The van der Waals surface area contributed by atoms with Crippen LogP contribution >= 0.6 is 0 Å². The summed E-state index contributed by atoms with van der Waals surface area (Å²) >= 11 is 0. The lowest BCUT2D eigenvalue weighted by Gasteiger charge is -2.27. The topological polar surface area (TPSA) is 52.6 Å². The summed E-state index contributed by atoms with van der Waals surface area (Å²) in [5, 5.41) is 0. The number of ether oxygens (including phenoxy) is 2. The molecule has 1 aliphatic rings. The highest BCUT2D eigenvalue weighted by molar-refractivity contribution is 6.01. The van der Waals surface area contributed by atoms with Gasteiger partial charge in [-0.1, -0.05) is 59.8 Å². The molecule has 0 aromatic rings. The molecule has 0 bridgehead atoms. The first kappa shape index (κ1) is 22.7. The zero-order chi connectivity index (χ0) is 19.4. The molecule has 1 saturated carbocycles. The summed E-state index contributed by atoms with van der Waals surface area (Å²) in [5.41, 5.74) is 1.17. The summed E-state index contributed by atoms with van der Waals surface area (Å²) in [6, 6.07) is 0. The Labute approximate surface area is 159 Å². The Balaban J connectivity index is 3.16. The molecule has 0 N–H and O–H groups in total. The molecule has 0 aliphatic heterocycles. The van der Waals surface area contributed by atoms with Crippen LogP contribution in [0.2, 0.25) is 0 Å². The molecule has 0 radical (unpaired) electrons. The van der Waals surface area contributed by atoms with E-state index in [1.165, 1.54) is 6.42 Å².